The van der Waals surface area contributed by atoms with Gasteiger partial charge in [0.05, 0.1) is 11.9 Å². The first-order valence-corrected chi connectivity index (χ1v) is 9.17. The van der Waals surface area contributed by atoms with Crippen molar-refractivity contribution < 1.29 is 4.79 Å². The van der Waals surface area contributed by atoms with Crippen LogP contribution in [0.1, 0.15) is 29.5 Å². The van der Waals surface area contributed by atoms with Crippen LogP contribution in [0.15, 0.2) is 59.8 Å². The molecule has 1 aromatic heterocycles. The number of hydrogen-bond acceptors (Lipinski definition) is 3. The Bertz CT molecular complexity index is 1000. The van der Waals surface area contributed by atoms with E-state index in [0.29, 0.717) is 0 Å². The van der Waals surface area contributed by atoms with Crippen molar-refractivity contribution >= 4 is 12.1 Å². The van der Waals surface area contributed by atoms with Gasteiger partial charge in [-0.1, -0.05) is 42.0 Å². The van der Waals surface area contributed by atoms with E-state index < -0.39 is 0 Å². The summed E-state index contributed by atoms with van der Waals surface area (Å²) in [5, 5.41) is 8.96. The Morgan fingerprint density at radius 1 is 1.19 bits per heavy atom. The molecule has 5 nitrogen and oxygen atoms in total. The van der Waals surface area contributed by atoms with Crippen molar-refractivity contribution in [1.82, 2.24) is 15.2 Å². The van der Waals surface area contributed by atoms with Crippen molar-refractivity contribution in [2.45, 2.75) is 26.7 Å². The molecule has 1 aliphatic rings. The highest BCUT2D eigenvalue weighted by Crippen LogP contribution is 2.29. The summed E-state index contributed by atoms with van der Waals surface area (Å²) in [6.45, 7) is 4.16. The van der Waals surface area contributed by atoms with Crippen molar-refractivity contribution in [2.75, 3.05) is 0 Å². The van der Waals surface area contributed by atoms with E-state index in [0.717, 1.165) is 40.9 Å². The molecule has 1 amide bonds. The molecule has 1 heterocycles. The molecule has 0 saturated heterocycles. The lowest BCUT2D eigenvalue weighted by Crippen LogP contribution is -2.18. The van der Waals surface area contributed by atoms with Gasteiger partial charge in [0.1, 0.15) is 5.69 Å². The number of rotatable bonds is 5. The van der Waals surface area contributed by atoms with E-state index in [4.69, 9.17) is 5.10 Å². The Balaban J connectivity index is 1.71. The number of carbonyl (C=O) groups is 1. The smallest absolute Gasteiger partial charge is 0.243 e. The van der Waals surface area contributed by atoms with Gasteiger partial charge in [0, 0.05) is 23.2 Å². The summed E-state index contributed by atoms with van der Waals surface area (Å²) in [6, 6.07) is 16.3. The van der Waals surface area contributed by atoms with Gasteiger partial charge in [-0.05, 0) is 44.4 Å². The van der Waals surface area contributed by atoms with Crippen molar-refractivity contribution in [3.05, 3.63) is 71.4 Å². The Kier molecular flexibility index (Phi) is 4.59. The zero-order valence-corrected chi connectivity index (χ0v) is 15.5. The minimum Gasteiger partial charge on any atom is -0.273 e. The number of nitrogens with zero attached hydrogens (tertiary/aromatic N) is 3. The molecular weight excluding hydrogens is 336 g/mol. The monoisotopic (exact) mass is 358 g/mol. The highest BCUT2D eigenvalue weighted by atomic mass is 16.2. The molecule has 0 spiro atoms. The lowest BCUT2D eigenvalue weighted by molar-refractivity contribution is -0.122. The van der Waals surface area contributed by atoms with Gasteiger partial charge in [-0.25, -0.2) is 10.1 Å². The van der Waals surface area contributed by atoms with Crippen LogP contribution in [0, 0.1) is 19.8 Å². The van der Waals surface area contributed by atoms with Crippen LogP contribution in [-0.2, 0) is 4.79 Å². The summed E-state index contributed by atoms with van der Waals surface area (Å²) < 4.78 is 1.85. The molecule has 3 aromatic rings. The van der Waals surface area contributed by atoms with Crippen LogP contribution in [0.25, 0.3) is 16.9 Å². The number of amides is 1. The molecule has 1 fully saturated rings. The van der Waals surface area contributed by atoms with Crippen molar-refractivity contribution in [3.8, 4) is 16.9 Å². The molecule has 4 rings (SSSR count). The van der Waals surface area contributed by atoms with Crippen LogP contribution in [0.2, 0.25) is 0 Å². The first-order chi connectivity index (χ1) is 13.1. The van der Waals surface area contributed by atoms with Gasteiger partial charge in [-0.15, -0.1) is 0 Å². The second kappa shape index (κ2) is 7.19. The van der Waals surface area contributed by atoms with Crippen molar-refractivity contribution in [3.63, 3.8) is 0 Å². The van der Waals surface area contributed by atoms with Crippen LogP contribution in [-0.4, -0.2) is 21.9 Å². The number of aryl methyl sites for hydroxylation is 2. The summed E-state index contributed by atoms with van der Waals surface area (Å²) in [5.74, 6) is 0.128. The summed E-state index contributed by atoms with van der Waals surface area (Å²) in [7, 11) is 0. The molecule has 0 atom stereocenters. The minimum absolute atomic E-state index is 0.00484. The van der Waals surface area contributed by atoms with Crippen LogP contribution in [0.5, 0.6) is 0 Å². The number of benzene rings is 2. The average Bonchev–Trinajstić information content (AvgIpc) is 3.44. The number of para-hydroxylation sites is 1. The van der Waals surface area contributed by atoms with Crippen LogP contribution in [0.3, 0.4) is 0 Å². The van der Waals surface area contributed by atoms with Gasteiger partial charge >= 0.3 is 0 Å². The lowest BCUT2D eigenvalue weighted by atomic mass is 10.0. The summed E-state index contributed by atoms with van der Waals surface area (Å²) in [6.07, 6.45) is 5.54. The predicted octanol–water partition coefficient (Wildman–Crippen LogP) is 4.02. The molecule has 1 N–H and O–H groups in total. The highest BCUT2D eigenvalue weighted by molar-refractivity contribution is 5.90. The van der Waals surface area contributed by atoms with E-state index in [1.54, 1.807) is 6.21 Å². The number of nitrogens with one attached hydrogen (secondary N) is 1. The molecule has 0 radical (unpaired) electrons. The maximum Gasteiger partial charge on any atom is 0.243 e. The Morgan fingerprint density at radius 2 is 1.96 bits per heavy atom. The van der Waals surface area contributed by atoms with Crippen LogP contribution in [0.4, 0.5) is 0 Å². The summed E-state index contributed by atoms with van der Waals surface area (Å²) in [4.78, 5) is 11.8. The van der Waals surface area contributed by atoms with E-state index in [1.807, 2.05) is 41.2 Å². The van der Waals surface area contributed by atoms with E-state index in [2.05, 4.69) is 42.6 Å². The quantitative estimate of drug-likeness (QED) is 0.553. The van der Waals surface area contributed by atoms with Gasteiger partial charge < -0.3 is 0 Å². The fourth-order valence-corrected chi connectivity index (χ4v) is 3.09. The summed E-state index contributed by atoms with van der Waals surface area (Å²) >= 11 is 0. The van der Waals surface area contributed by atoms with Gasteiger partial charge in [0.2, 0.25) is 5.91 Å². The Labute approximate surface area is 158 Å². The highest BCUT2D eigenvalue weighted by Gasteiger charge is 2.29. The minimum atomic E-state index is -0.00484. The number of hydrogen-bond donors (Lipinski definition) is 1. The van der Waals surface area contributed by atoms with E-state index in [1.165, 1.54) is 5.56 Å². The fourth-order valence-electron chi connectivity index (χ4n) is 3.09. The van der Waals surface area contributed by atoms with E-state index in [9.17, 15) is 4.79 Å². The van der Waals surface area contributed by atoms with Gasteiger partial charge in [-0.3, -0.25) is 4.79 Å². The maximum atomic E-state index is 11.8. The van der Waals surface area contributed by atoms with Gasteiger partial charge in [-0.2, -0.15) is 10.2 Å². The fraction of sp³-hybridized carbons (Fsp3) is 0.227. The topological polar surface area (TPSA) is 59.3 Å². The molecule has 2 aromatic carbocycles. The molecule has 0 aliphatic heterocycles. The zero-order chi connectivity index (χ0) is 18.8. The lowest BCUT2D eigenvalue weighted by Gasteiger charge is -2.05. The molecular formula is C22H22N4O. The Hall–Kier alpha value is -3.21. The third kappa shape index (κ3) is 3.82. The van der Waals surface area contributed by atoms with Crippen molar-refractivity contribution in [1.29, 1.82) is 0 Å². The first-order valence-electron chi connectivity index (χ1n) is 9.17. The van der Waals surface area contributed by atoms with E-state index in [-0.39, 0.29) is 11.8 Å². The normalized spacial score (nSPS) is 13.9. The van der Waals surface area contributed by atoms with Gasteiger partial charge in [0.15, 0.2) is 0 Å². The van der Waals surface area contributed by atoms with E-state index >= 15 is 0 Å². The van der Waals surface area contributed by atoms with Gasteiger partial charge in [0.25, 0.3) is 0 Å². The Morgan fingerprint density at radius 3 is 2.67 bits per heavy atom. The second-order valence-corrected chi connectivity index (χ2v) is 7.04. The molecule has 27 heavy (non-hydrogen) atoms. The number of hydrazone groups is 1. The third-order valence-corrected chi connectivity index (χ3v) is 4.73. The molecule has 1 aliphatic carbocycles. The molecule has 136 valence electrons. The first kappa shape index (κ1) is 17.2. The molecule has 1 saturated carbocycles. The summed E-state index contributed by atoms with van der Waals surface area (Å²) in [5.41, 5.74) is 8.76. The van der Waals surface area contributed by atoms with Crippen LogP contribution < -0.4 is 5.43 Å². The third-order valence-electron chi connectivity index (χ3n) is 4.73. The second-order valence-electron chi connectivity index (χ2n) is 7.04. The van der Waals surface area contributed by atoms with Crippen molar-refractivity contribution in [2.24, 2.45) is 11.0 Å². The number of aromatic nitrogens is 2. The molecule has 0 unspecified atom stereocenters. The predicted molar refractivity (Wildman–Crippen MR) is 107 cm³/mol. The van der Waals surface area contributed by atoms with Crippen LogP contribution >= 0.6 is 0 Å². The average molecular weight is 358 g/mol. The molecule has 5 heteroatoms. The number of carbonyl (C=O) groups excluding carboxylic acids is 1. The zero-order valence-electron chi connectivity index (χ0n) is 15.5. The largest absolute Gasteiger partial charge is 0.273 e. The molecule has 0 bridgehead atoms. The maximum absolute atomic E-state index is 11.8. The SMILES string of the molecule is Cc1ccc(-c2nn(-c3ccccc3)cc2/C=N\NC(=O)C2CC2)c(C)c1. The standard InChI is InChI=1S/C22H22N4O/c1-15-8-11-20(16(2)12-15)21-18(13-23-24-22(27)17-9-10-17)14-26(25-21)19-6-4-3-5-7-19/h3-8,11-14,17H,9-10H2,1-2H3,(H,24,27)/b23-13-.